The summed E-state index contributed by atoms with van der Waals surface area (Å²) in [5, 5.41) is 20.7. The standard InChI is InChI=1S/C30H34O5/c1-19-27(34-2)17-26(18-28(19)35-3)30(33)25(12-20-8-10-21(11-9-20)16-29(31)32)15-22-13-23-6-4-5-7-24(23)14-22/h4-11,17-18,22,25,30,33H,12-16H2,1-3H3,(H,31,32)/t25-,30-/m0/s1. The summed E-state index contributed by atoms with van der Waals surface area (Å²) in [5.41, 5.74) is 6.36. The van der Waals surface area contributed by atoms with Crippen LogP contribution >= 0.6 is 0 Å². The molecule has 1 aliphatic rings. The first-order chi connectivity index (χ1) is 16.9. The zero-order valence-corrected chi connectivity index (χ0v) is 20.7. The van der Waals surface area contributed by atoms with Crippen molar-refractivity contribution in [3.63, 3.8) is 0 Å². The van der Waals surface area contributed by atoms with Crippen LogP contribution in [0.1, 0.15) is 45.9 Å². The van der Waals surface area contributed by atoms with Crippen molar-refractivity contribution < 1.29 is 24.5 Å². The van der Waals surface area contributed by atoms with Crippen molar-refractivity contribution in [3.8, 4) is 11.5 Å². The molecule has 0 amide bonds. The lowest BCUT2D eigenvalue weighted by Gasteiger charge is -2.27. The van der Waals surface area contributed by atoms with Crippen LogP contribution in [0, 0.1) is 18.8 Å². The number of aliphatic carboxylic acids is 1. The van der Waals surface area contributed by atoms with E-state index < -0.39 is 12.1 Å². The van der Waals surface area contributed by atoms with Crippen molar-refractivity contribution >= 4 is 5.97 Å². The van der Waals surface area contributed by atoms with E-state index in [0.29, 0.717) is 23.8 Å². The lowest BCUT2D eigenvalue weighted by atomic mass is 9.81. The molecule has 0 unspecified atom stereocenters. The van der Waals surface area contributed by atoms with E-state index in [1.807, 2.05) is 43.3 Å². The first-order valence-corrected chi connectivity index (χ1v) is 12.1. The van der Waals surface area contributed by atoms with Crippen LogP contribution in [-0.2, 0) is 30.5 Å². The van der Waals surface area contributed by atoms with Crippen LogP contribution in [0.2, 0.25) is 0 Å². The summed E-state index contributed by atoms with van der Waals surface area (Å²) in [4.78, 5) is 11.0. The highest BCUT2D eigenvalue weighted by atomic mass is 16.5. The van der Waals surface area contributed by atoms with Gasteiger partial charge in [0.05, 0.1) is 26.7 Å². The number of rotatable bonds is 10. The van der Waals surface area contributed by atoms with Crippen molar-refractivity contribution in [2.45, 2.75) is 45.1 Å². The van der Waals surface area contributed by atoms with Crippen LogP contribution in [0.5, 0.6) is 11.5 Å². The van der Waals surface area contributed by atoms with Crippen LogP contribution in [0.15, 0.2) is 60.7 Å². The Morgan fingerprint density at radius 1 is 0.943 bits per heavy atom. The van der Waals surface area contributed by atoms with E-state index in [-0.39, 0.29) is 12.3 Å². The molecule has 184 valence electrons. The van der Waals surface area contributed by atoms with Gasteiger partial charge in [-0.25, -0.2) is 0 Å². The summed E-state index contributed by atoms with van der Waals surface area (Å²) in [7, 11) is 3.26. The molecule has 1 aliphatic carbocycles. The summed E-state index contributed by atoms with van der Waals surface area (Å²) in [5.74, 6) is 1.00. The Morgan fingerprint density at radius 2 is 1.49 bits per heavy atom. The minimum absolute atomic E-state index is 0.00955. The predicted molar refractivity (Wildman–Crippen MR) is 136 cm³/mol. The van der Waals surface area contributed by atoms with Gasteiger partial charge in [0.2, 0.25) is 0 Å². The van der Waals surface area contributed by atoms with Crippen molar-refractivity contribution in [2.75, 3.05) is 14.2 Å². The van der Waals surface area contributed by atoms with Crippen LogP contribution < -0.4 is 9.47 Å². The van der Waals surface area contributed by atoms with Gasteiger partial charge in [0, 0.05) is 5.56 Å². The van der Waals surface area contributed by atoms with Gasteiger partial charge < -0.3 is 19.7 Å². The molecule has 0 aliphatic heterocycles. The molecule has 2 atom stereocenters. The summed E-state index contributed by atoms with van der Waals surface area (Å²) in [6, 6.07) is 20.1. The van der Waals surface area contributed by atoms with Gasteiger partial charge in [-0.3, -0.25) is 4.79 Å². The largest absolute Gasteiger partial charge is 0.496 e. The zero-order valence-electron chi connectivity index (χ0n) is 20.7. The second-order valence-corrected chi connectivity index (χ2v) is 9.63. The number of aliphatic hydroxyl groups excluding tert-OH is 1. The number of aliphatic hydroxyl groups is 1. The van der Waals surface area contributed by atoms with E-state index in [1.165, 1.54) is 11.1 Å². The topological polar surface area (TPSA) is 76.0 Å². The molecule has 0 fully saturated rings. The fourth-order valence-corrected chi connectivity index (χ4v) is 5.39. The van der Waals surface area contributed by atoms with Gasteiger partial charge >= 0.3 is 5.97 Å². The van der Waals surface area contributed by atoms with Gasteiger partial charge in [0.25, 0.3) is 0 Å². The first kappa shape index (κ1) is 24.8. The SMILES string of the molecule is COc1cc([C@@H](O)[C@@H](Cc2ccc(CC(=O)O)cc2)CC2Cc3ccccc3C2)cc(OC)c1C. The Morgan fingerprint density at radius 3 is 2.00 bits per heavy atom. The monoisotopic (exact) mass is 474 g/mol. The van der Waals surface area contributed by atoms with Crippen LogP contribution in [-0.4, -0.2) is 30.4 Å². The highest BCUT2D eigenvalue weighted by Crippen LogP contribution is 2.39. The fourth-order valence-electron chi connectivity index (χ4n) is 5.39. The van der Waals surface area contributed by atoms with Crippen molar-refractivity contribution in [1.82, 2.24) is 0 Å². The number of carboxylic acid groups (broad SMARTS) is 1. The van der Waals surface area contributed by atoms with E-state index >= 15 is 0 Å². The van der Waals surface area contributed by atoms with Gasteiger partial charge in [-0.2, -0.15) is 0 Å². The molecule has 5 nitrogen and oxygen atoms in total. The number of hydrogen-bond acceptors (Lipinski definition) is 4. The molecule has 0 bridgehead atoms. The third-order valence-corrected chi connectivity index (χ3v) is 7.21. The Labute approximate surface area is 207 Å². The van der Waals surface area contributed by atoms with Gasteiger partial charge in [-0.15, -0.1) is 0 Å². The number of methoxy groups -OCH3 is 2. The zero-order chi connectivity index (χ0) is 24.9. The molecule has 2 N–H and O–H groups in total. The van der Waals surface area contributed by atoms with Crippen LogP contribution in [0.25, 0.3) is 0 Å². The lowest BCUT2D eigenvalue weighted by molar-refractivity contribution is -0.136. The first-order valence-electron chi connectivity index (χ1n) is 12.1. The lowest BCUT2D eigenvalue weighted by Crippen LogP contribution is -2.20. The molecule has 0 saturated carbocycles. The van der Waals surface area contributed by atoms with Gasteiger partial charge in [0.15, 0.2) is 0 Å². The van der Waals surface area contributed by atoms with Gasteiger partial charge in [-0.1, -0.05) is 48.5 Å². The van der Waals surface area contributed by atoms with E-state index in [0.717, 1.165) is 41.5 Å². The molecule has 0 saturated heterocycles. The molecule has 0 heterocycles. The highest BCUT2D eigenvalue weighted by Gasteiger charge is 2.29. The predicted octanol–water partition coefficient (Wildman–Crippen LogP) is 5.34. The molecule has 0 aromatic heterocycles. The van der Waals surface area contributed by atoms with E-state index in [1.54, 1.807) is 14.2 Å². The molecule has 3 aromatic rings. The molecular formula is C30H34O5. The molecule has 4 rings (SSSR count). The Kier molecular flexibility index (Phi) is 7.76. The normalized spacial score (nSPS) is 14.9. The molecule has 5 heteroatoms. The van der Waals surface area contributed by atoms with Gasteiger partial charge in [0.1, 0.15) is 11.5 Å². The molecule has 3 aromatic carbocycles. The minimum Gasteiger partial charge on any atom is -0.496 e. The third kappa shape index (κ3) is 5.85. The third-order valence-electron chi connectivity index (χ3n) is 7.21. The van der Waals surface area contributed by atoms with E-state index in [4.69, 9.17) is 14.6 Å². The number of fused-ring (bicyclic) bond motifs is 1. The number of carbonyl (C=O) groups is 1. The maximum atomic E-state index is 11.6. The number of carboxylic acids is 1. The maximum absolute atomic E-state index is 11.6. The van der Waals surface area contributed by atoms with E-state index in [2.05, 4.69) is 24.3 Å². The minimum atomic E-state index is -0.839. The van der Waals surface area contributed by atoms with E-state index in [9.17, 15) is 9.90 Å². The summed E-state index contributed by atoms with van der Waals surface area (Å²) < 4.78 is 11.1. The highest BCUT2D eigenvalue weighted by molar-refractivity contribution is 5.70. The summed E-state index contributed by atoms with van der Waals surface area (Å²) in [6.07, 6.45) is 2.94. The van der Waals surface area contributed by atoms with Crippen LogP contribution in [0.4, 0.5) is 0 Å². The Bertz CT molecular complexity index is 1120. The van der Waals surface area contributed by atoms with Gasteiger partial charge in [-0.05, 0) is 84.4 Å². The quantitative estimate of drug-likeness (QED) is 0.415. The van der Waals surface area contributed by atoms with Crippen molar-refractivity contribution in [3.05, 3.63) is 94.0 Å². The maximum Gasteiger partial charge on any atom is 0.307 e. The second kappa shape index (κ2) is 11.0. The van der Waals surface area contributed by atoms with Crippen molar-refractivity contribution in [1.29, 1.82) is 0 Å². The Balaban J connectivity index is 1.60. The summed E-state index contributed by atoms with van der Waals surface area (Å²) >= 11 is 0. The molecular weight excluding hydrogens is 440 g/mol. The number of ether oxygens (including phenoxy) is 2. The molecule has 0 radical (unpaired) electrons. The fraction of sp³-hybridized carbons (Fsp3) is 0.367. The van der Waals surface area contributed by atoms with Crippen LogP contribution in [0.3, 0.4) is 0 Å². The average Bonchev–Trinajstić information content (AvgIpc) is 3.26. The summed E-state index contributed by atoms with van der Waals surface area (Å²) in [6.45, 7) is 1.94. The molecule has 35 heavy (non-hydrogen) atoms. The number of benzene rings is 3. The Hall–Kier alpha value is -3.31. The molecule has 0 spiro atoms. The smallest absolute Gasteiger partial charge is 0.307 e. The van der Waals surface area contributed by atoms with Crippen molar-refractivity contribution in [2.24, 2.45) is 11.8 Å². The average molecular weight is 475 g/mol. The second-order valence-electron chi connectivity index (χ2n) is 9.63. The number of hydrogen-bond donors (Lipinski definition) is 2.